The number of para-hydroxylation sites is 1. The van der Waals surface area contributed by atoms with E-state index >= 15 is 0 Å². The van der Waals surface area contributed by atoms with E-state index in [0.717, 1.165) is 21.7 Å². The number of hydrogen-bond donors (Lipinski definition) is 2. The van der Waals surface area contributed by atoms with Crippen LogP contribution < -0.4 is 10.6 Å². The Balaban J connectivity index is 2.15. The molecule has 106 valence electrons. The van der Waals surface area contributed by atoms with Gasteiger partial charge in [-0.2, -0.15) is 0 Å². The fourth-order valence-electron chi connectivity index (χ4n) is 2.48. The van der Waals surface area contributed by atoms with Crippen LogP contribution in [0.2, 0.25) is 0 Å². The van der Waals surface area contributed by atoms with Gasteiger partial charge in [-0.05, 0) is 30.7 Å². The Bertz CT molecular complexity index is 758. The van der Waals surface area contributed by atoms with Gasteiger partial charge >= 0.3 is 0 Å². The van der Waals surface area contributed by atoms with Crippen LogP contribution in [0.4, 0.5) is 5.69 Å². The van der Waals surface area contributed by atoms with Crippen molar-refractivity contribution in [2.45, 2.75) is 6.92 Å². The van der Waals surface area contributed by atoms with Crippen LogP contribution in [0.15, 0.2) is 36.5 Å². The number of nitrogens with one attached hydrogen (secondary N) is 1. The van der Waals surface area contributed by atoms with E-state index < -0.39 is 5.91 Å². The minimum atomic E-state index is -0.404. The molecular weight excluding hydrogens is 266 g/mol. The fourth-order valence-corrected chi connectivity index (χ4v) is 2.48. The molecule has 1 aliphatic rings. The second kappa shape index (κ2) is 5.03. The van der Waals surface area contributed by atoms with Gasteiger partial charge in [0.05, 0.1) is 17.8 Å². The summed E-state index contributed by atoms with van der Waals surface area (Å²) in [4.78, 5) is 28.8. The lowest BCUT2D eigenvalue weighted by Gasteiger charge is -2.13. The molecule has 2 aromatic rings. The third-order valence-corrected chi connectivity index (χ3v) is 3.58. The standard InChI is InChI=1S/C16H15N3O2/c1-10-6-7-18-13(10)8-12-11-4-2-3-5-14(11)19(16(12)21)15(20)9-17/h2-8,18H,9,17H2,1H3/b12-8-. The summed E-state index contributed by atoms with van der Waals surface area (Å²) in [5.74, 6) is -0.736. The minimum Gasteiger partial charge on any atom is -0.361 e. The van der Waals surface area contributed by atoms with Crippen molar-refractivity contribution in [1.82, 2.24) is 4.98 Å². The van der Waals surface area contributed by atoms with Crippen molar-refractivity contribution in [2.75, 3.05) is 11.4 Å². The van der Waals surface area contributed by atoms with E-state index in [4.69, 9.17) is 5.73 Å². The number of imide groups is 1. The molecule has 0 saturated carbocycles. The molecule has 1 aromatic carbocycles. The first kappa shape index (κ1) is 13.3. The summed E-state index contributed by atoms with van der Waals surface area (Å²) in [5.41, 5.74) is 9.14. The van der Waals surface area contributed by atoms with E-state index in [2.05, 4.69) is 4.98 Å². The van der Waals surface area contributed by atoms with E-state index in [1.54, 1.807) is 18.2 Å². The second-order valence-corrected chi connectivity index (χ2v) is 4.89. The van der Waals surface area contributed by atoms with E-state index in [1.165, 1.54) is 0 Å². The Kier molecular flexibility index (Phi) is 3.19. The summed E-state index contributed by atoms with van der Waals surface area (Å²) in [6, 6.07) is 9.16. The van der Waals surface area contributed by atoms with Crippen LogP contribution in [-0.4, -0.2) is 23.3 Å². The largest absolute Gasteiger partial charge is 0.361 e. The number of anilines is 1. The highest BCUT2D eigenvalue weighted by molar-refractivity contribution is 6.42. The Morgan fingerprint density at radius 3 is 2.76 bits per heavy atom. The zero-order valence-corrected chi connectivity index (χ0v) is 11.6. The molecule has 1 aliphatic heterocycles. The number of aromatic amines is 1. The number of nitrogens with two attached hydrogens (primary N) is 1. The Hall–Kier alpha value is -2.66. The summed E-state index contributed by atoms with van der Waals surface area (Å²) < 4.78 is 0. The van der Waals surface area contributed by atoms with Crippen LogP contribution in [0.1, 0.15) is 16.8 Å². The molecular formula is C16H15N3O2. The van der Waals surface area contributed by atoms with Gasteiger partial charge in [-0.1, -0.05) is 18.2 Å². The minimum absolute atomic E-state index is 0.200. The maximum absolute atomic E-state index is 12.6. The van der Waals surface area contributed by atoms with Gasteiger partial charge in [0.2, 0.25) is 5.91 Å². The number of hydrogen-bond acceptors (Lipinski definition) is 3. The molecule has 5 nitrogen and oxygen atoms in total. The van der Waals surface area contributed by atoms with Gasteiger partial charge in [0, 0.05) is 17.5 Å². The van der Waals surface area contributed by atoms with Crippen molar-refractivity contribution in [3.8, 4) is 0 Å². The molecule has 0 aliphatic carbocycles. The third-order valence-electron chi connectivity index (χ3n) is 3.58. The second-order valence-electron chi connectivity index (χ2n) is 4.89. The molecule has 0 spiro atoms. The van der Waals surface area contributed by atoms with Crippen LogP contribution >= 0.6 is 0 Å². The van der Waals surface area contributed by atoms with Gasteiger partial charge in [0.15, 0.2) is 0 Å². The lowest BCUT2D eigenvalue weighted by atomic mass is 10.1. The molecule has 0 unspecified atom stereocenters. The molecule has 5 heteroatoms. The molecule has 2 heterocycles. The first-order valence-electron chi connectivity index (χ1n) is 6.66. The summed E-state index contributed by atoms with van der Waals surface area (Å²) in [6.45, 7) is 1.76. The van der Waals surface area contributed by atoms with E-state index in [0.29, 0.717) is 11.3 Å². The fraction of sp³-hybridized carbons (Fsp3) is 0.125. The van der Waals surface area contributed by atoms with Gasteiger partial charge in [-0.15, -0.1) is 0 Å². The summed E-state index contributed by atoms with van der Waals surface area (Å²) in [6.07, 6.45) is 3.59. The van der Waals surface area contributed by atoms with Gasteiger partial charge in [-0.3, -0.25) is 9.59 Å². The van der Waals surface area contributed by atoms with Crippen LogP contribution in [0, 0.1) is 6.92 Å². The number of benzene rings is 1. The first-order valence-corrected chi connectivity index (χ1v) is 6.66. The number of H-pyrrole nitrogens is 1. The number of fused-ring (bicyclic) bond motifs is 1. The van der Waals surface area contributed by atoms with E-state index in [-0.39, 0.29) is 12.5 Å². The van der Waals surface area contributed by atoms with Crippen molar-refractivity contribution in [2.24, 2.45) is 5.73 Å². The maximum Gasteiger partial charge on any atom is 0.265 e. The molecule has 0 radical (unpaired) electrons. The highest BCUT2D eigenvalue weighted by Gasteiger charge is 2.35. The van der Waals surface area contributed by atoms with Crippen LogP contribution in [0.5, 0.6) is 0 Å². The smallest absolute Gasteiger partial charge is 0.265 e. The average Bonchev–Trinajstić information content (AvgIpc) is 3.01. The molecule has 0 bridgehead atoms. The number of aromatic nitrogens is 1. The normalized spacial score (nSPS) is 15.6. The zero-order valence-electron chi connectivity index (χ0n) is 11.6. The van der Waals surface area contributed by atoms with Crippen molar-refractivity contribution in [3.63, 3.8) is 0 Å². The number of nitrogens with zero attached hydrogens (tertiary/aromatic N) is 1. The Morgan fingerprint density at radius 1 is 1.33 bits per heavy atom. The summed E-state index contributed by atoms with van der Waals surface area (Å²) >= 11 is 0. The van der Waals surface area contributed by atoms with Crippen LogP contribution in [0.3, 0.4) is 0 Å². The molecule has 21 heavy (non-hydrogen) atoms. The highest BCUT2D eigenvalue weighted by atomic mass is 16.2. The number of rotatable bonds is 2. The quantitative estimate of drug-likeness (QED) is 0.822. The molecule has 0 fully saturated rings. The maximum atomic E-state index is 12.6. The predicted octanol–water partition coefficient (Wildman–Crippen LogP) is 1.70. The average molecular weight is 281 g/mol. The van der Waals surface area contributed by atoms with E-state index in [9.17, 15) is 9.59 Å². The molecule has 3 N–H and O–H groups in total. The van der Waals surface area contributed by atoms with Gasteiger partial charge in [-0.25, -0.2) is 4.90 Å². The number of carbonyl (C=O) groups excluding carboxylic acids is 2. The zero-order chi connectivity index (χ0) is 15.0. The molecule has 1 aromatic heterocycles. The Morgan fingerprint density at radius 2 is 2.10 bits per heavy atom. The third kappa shape index (κ3) is 2.08. The Labute approximate surface area is 122 Å². The summed E-state index contributed by atoms with van der Waals surface area (Å²) in [7, 11) is 0. The van der Waals surface area contributed by atoms with Crippen molar-refractivity contribution >= 4 is 29.2 Å². The van der Waals surface area contributed by atoms with Crippen LogP contribution in [-0.2, 0) is 9.59 Å². The monoisotopic (exact) mass is 281 g/mol. The van der Waals surface area contributed by atoms with Gasteiger partial charge in [0.25, 0.3) is 5.91 Å². The number of amides is 2. The number of carbonyl (C=O) groups is 2. The van der Waals surface area contributed by atoms with Crippen molar-refractivity contribution in [1.29, 1.82) is 0 Å². The van der Waals surface area contributed by atoms with Crippen molar-refractivity contribution in [3.05, 3.63) is 53.3 Å². The van der Waals surface area contributed by atoms with Crippen molar-refractivity contribution < 1.29 is 9.59 Å². The van der Waals surface area contributed by atoms with Gasteiger partial charge in [0.1, 0.15) is 0 Å². The first-order chi connectivity index (χ1) is 10.1. The number of aryl methyl sites for hydroxylation is 1. The van der Waals surface area contributed by atoms with Crippen LogP contribution in [0.25, 0.3) is 11.6 Å². The highest BCUT2D eigenvalue weighted by Crippen LogP contribution is 2.37. The van der Waals surface area contributed by atoms with E-state index in [1.807, 2.05) is 31.3 Å². The lowest BCUT2D eigenvalue weighted by Crippen LogP contribution is -2.38. The summed E-state index contributed by atoms with van der Waals surface area (Å²) in [5, 5.41) is 0. The molecule has 3 rings (SSSR count). The van der Waals surface area contributed by atoms with Gasteiger partial charge < -0.3 is 10.7 Å². The lowest BCUT2D eigenvalue weighted by molar-refractivity contribution is -0.122. The molecule has 0 atom stereocenters. The molecule has 2 amide bonds. The predicted molar refractivity (Wildman–Crippen MR) is 81.4 cm³/mol. The SMILES string of the molecule is Cc1cc[nH]c1/C=C1\C(=O)N(C(=O)CN)c2ccccc21. The topological polar surface area (TPSA) is 79.2 Å². The molecule has 0 saturated heterocycles.